The Labute approximate surface area is 236 Å². The van der Waals surface area contributed by atoms with Gasteiger partial charge in [-0.25, -0.2) is 4.98 Å². The Hall–Kier alpha value is -4.44. The van der Waals surface area contributed by atoms with Crippen LogP contribution in [-0.4, -0.2) is 21.9 Å². The van der Waals surface area contributed by atoms with Gasteiger partial charge in [-0.05, 0) is 66.6 Å². The fraction of sp³-hybridized carbons (Fsp3) is 0.222. The molecule has 4 nitrogen and oxygen atoms in total. The largest absolute Gasteiger partial charge is 0.494 e. The summed E-state index contributed by atoms with van der Waals surface area (Å²) in [5.74, 6) is 1.29. The van der Waals surface area contributed by atoms with E-state index in [2.05, 4.69) is 102 Å². The molecule has 0 saturated heterocycles. The number of aryl methyl sites for hydroxylation is 1. The van der Waals surface area contributed by atoms with Gasteiger partial charge in [-0.2, -0.15) is 0 Å². The average molecular weight is 527 g/mol. The van der Waals surface area contributed by atoms with Gasteiger partial charge in [0.15, 0.2) is 5.78 Å². The van der Waals surface area contributed by atoms with Crippen molar-refractivity contribution >= 4 is 5.78 Å². The topological polar surface area (TPSA) is 44.1 Å². The summed E-state index contributed by atoms with van der Waals surface area (Å²) in [6.45, 7) is 0.587. The number of imidazole rings is 1. The Bertz CT molecular complexity index is 1430. The first-order valence-corrected chi connectivity index (χ1v) is 14.2. The van der Waals surface area contributed by atoms with Gasteiger partial charge in [0.25, 0.3) is 0 Å². The van der Waals surface area contributed by atoms with E-state index in [1.807, 2.05) is 30.6 Å². The zero-order chi connectivity index (χ0) is 27.2. The van der Waals surface area contributed by atoms with Gasteiger partial charge in [-0.1, -0.05) is 97.4 Å². The van der Waals surface area contributed by atoms with E-state index in [0.717, 1.165) is 42.7 Å². The molecule has 1 aromatic heterocycles. The molecule has 200 valence electrons. The number of Topliss-reactive ketones (excluding diaryl/α,β-unsaturated/α-hetero) is 1. The number of benzene rings is 4. The molecule has 0 spiro atoms. The molecule has 0 atom stereocenters. The molecule has 4 aromatic carbocycles. The van der Waals surface area contributed by atoms with E-state index in [4.69, 9.17) is 9.72 Å². The van der Waals surface area contributed by atoms with Crippen molar-refractivity contribution in [1.29, 1.82) is 0 Å². The molecule has 0 radical (unpaired) electrons. The van der Waals surface area contributed by atoms with E-state index in [1.165, 1.54) is 23.1 Å². The zero-order valence-electron chi connectivity index (χ0n) is 22.7. The average Bonchev–Trinajstić information content (AvgIpc) is 3.46. The minimum absolute atomic E-state index is 0.219. The molecule has 1 aliphatic rings. The van der Waals surface area contributed by atoms with Gasteiger partial charge in [-0.3, -0.25) is 4.79 Å². The molecule has 0 aliphatic heterocycles. The molecule has 0 unspecified atom stereocenters. The SMILES string of the molecule is O=C(c1ccc(OCCCc2cn(C(c3ccccc3)(c3ccccc3)c3ccccc3)cn2)cc1)C1CCC1. The van der Waals surface area contributed by atoms with Crippen LogP contribution in [0.4, 0.5) is 0 Å². The second kappa shape index (κ2) is 11.7. The molecule has 1 saturated carbocycles. The summed E-state index contributed by atoms with van der Waals surface area (Å²) in [6, 6.07) is 39.5. The lowest BCUT2D eigenvalue weighted by molar-refractivity contribution is 0.0855. The molecule has 6 rings (SSSR count). The number of ketones is 1. The van der Waals surface area contributed by atoms with Crippen LogP contribution in [0.5, 0.6) is 5.75 Å². The third kappa shape index (κ3) is 5.10. The number of carbonyl (C=O) groups excluding carboxylic acids is 1. The van der Waals surface area contributed by atoms with Crippen molar-refractivity contribution in [3.63, 3.8) is 0 Å². The van der Waals surface area contributed by atoms with Crippen LogP contribution in [-0.2, 0) is 12.0 Å². The Morgan fingerprint density at radius 3 is 1.82 bits per heavy atom. The van der Waals surface area contributed by atoms with Crippen LogP contribution in [0.3, 0.4) is 0 Å². The van der Waals surface area contributed by atoms with Gasteiger partial charge in [-0.15, -0.1) is 0 Å². The molecule has 0 bridgehead atoms. The second-order valence-electron chi connectivity index (χ2n) is 10.5. The van der Waals surface area contributed by atoms with Crippen LogP contribution in [0.25, 0.3) is 0 Å². The lowest BCUT2D eigenvalue weighted by Gasteiger charge is -2.37. The van der Waals surface area contributed by atoms with Crippen LogP contribution in [0.1, 0.15) is 58.4 Å². The molecule has 1 heterocycles. The summed E-state index contributed by atoms with van der Waals surface area (Å²) < 4.78 is 8.25. The summed E-state index contributed by atoms with van der Waals surface area (Å²) in [4.78, 5) is 17.3. The maximum Gasteiger partial charge on any atom is 0.165 e. The molecule has 5 aromatic rings. The maximum atomic E-state index is 12.4. The zero-order valence-corrected chi connectivity index (χ0v) is 22.7. The number of carbonyl (C=O) groups is 1. The second-order valence-corrected chi connectivity index (χ2v) is 10.5. The quantitative estimate of drug-likeness (QED) is 0.101. The molecule has 1 fully saturated rings. The van der Waals surface area contributed by atoms with Crippen LogP contribution < -0.4 is 4.74 Å². The third-order valence-electron chi connectivity index (χ3n) is 8.06. The lowest BCUT2D eigenvalue weighted by atomic mass is 9.77. The molecule has 0 N–H and O–H groups in total. The molecule has 4 heteroatoms. The maximum absolute atomic E-state index is 12.4. The molecule has 0 amide bonds. The van der Waals surface area contributed by atoms with Crippen LogP contribution >= 0.6 is 0 Å². The highest BCUT2D eigenvalue weighted by atomic mass is 16.5. The smallest absolute Gasteiger partial charge is 0.165 e. The minimum atomic E-state index is -0.551. The Balaban J connectivity index is 1.20. The molecular weight excluding hydrogens is 492 g/mol. The van der Waals surface area contributed by atoms with E-state index in [1.54, 1.807) is 0 Å². The van der Waals surface area contributed by atoms with Crippen molar-refractivity contribution in [3.05, 3.63) is 156 Å². The van der Waals surface area contributed by atoms with Crippen molar-refractivity contribution in [2.45, 2.75) is 37.6 Å². The number of hydrogen-bond acceptors (Lipinski definition) is 3. The monoisotopic (exact) mass is 526 g/mol. The summed E-state index contributed by atoms with van der Waals surface area (Å²) >= 11 is 0. The van der Waals surface area contributed by atoms with Crippen molar-refractivity contribution in [2.75, 3.05) is 6.61 Å². The highest BCUT2D eigenvalue weighted by molar-refractivity contribution is 5.98. The van der Waals surface area contributed by atoms with Crippen LogP contribution in [0.2, 0.25) is 0 Å². The fourth-order valence-corrected chi connectivity index (χ4v) is 5.73. The highest BCUT2D eigenvalue weighted by Crippen LogP contribution is 2.40. The van der Waals surface area contributed by atoms with Crippen molar-refractivity contribution in [3.8, 4) is 5.75 Å². The van der Waals surface area contributed by atoms with Gasteiger partial charge in [0.1, 0.15) is 11.3 Å². The predicted octanol–water partition coefficient (Wildman–Crippen LogP) is 7.72. The van der Waals surface area contributed by atoms with Crippen molar-refractivity contribution in [2.24, 2.45) is 5.92 Å². The van der Waals surface area contributed by atoms with Crippen LogP contribution in [0, 0.1) is 5.92 Å². The van der Waals surface area contributed by atoms with Crippen molar-refractivity contribution < 1.29 is 9.53 Å². The van der Waals surface area contributed by atoms with E-state index in [9.17, 15) is 4.79 Å². The summed E-state index contributed by atoms with van der Waals surface area (Å²) in [7, 11) is 0. The molecule has 40 heavy (non-hydrogen) atoms. The molecule has 1 aliphatic carbocycles. The number of aromatic nitrogens is 2. The highest BCUT2D eigenvalue weighted by Gasteiger charge is 2.38. The first kappa shape index (κ1) is 25.8. The van der Waals surface area contributed by atoms with E-state index < -0.39 is 5.54 Å². The summed E-state index contributed by atoms with van der Waals surface area (Å²) in [5, 5.41) is 0. The van der Waals surface area contributed by atoms with Crippen molar-refractivity contribution in [1.82, 2.24) is 9.55 Å². The lowest BCUT2D eigenvalue weighted by Crippen LogP contribution is -2.36. The van der Waals surface area contributed by atoms with Gasteiger partial charge in [0.05, 0.1) is 18.6 Å². The minimum Gasteiger partial charge on any atom is -0.494 e. The Morgan fingerprint density at radius 1 is 0.775 bits per heavy atom. The normalized spacial score (nSPS) is 13.5. The molecular formula is C36H34N2O2. The Kier molecular flexibility index (Phi) is 7.58. The van der Waals surface area contributed by atoms with Gasteiger partial charge >= 0.3 is 0 Å². The predicted molar refractivity (Wildman–Crippen MR) is 159 cm³/mol. The standard InChI is InChI=1S/C36H34N2O2/c39-35(28-12-10-13-28)29-21-23-34(24-22-29)40-25-11-20-33-26-38(27-37-33)36(30-14-4-1-5-15-30,31-16-6-2-7-17-31)32-18-8-3-9-19-32/h1-9,14-19,21-24,26-28H,10-13,20,25H2. The van der Waals surface area contributed by atoms with Gasteiger partial charge in [0, 0.05) is 17.7 Å². The van der Waals surface area contributed by atoms with E-state index in [-0.39, 0.29) is 11.7 Å². The first-order chi connectivity index (χ1) is 19.7. The first-order valence-electron chi connectivity index (χ1n) is 14.2. The number of ether oxygens (including phenoxy) is 1. The number of nitrogens with zero attached hydrogens (tertiary/aromatic N) is 2. The van der Waals surface area contributed by atoms with Crippen LogP contribution in [0.15, 0.2) is 128 Å². The summed E-state index contributed by atoms with van der Waals surface area (Å²) in [5.41, 5.74) is 4.81. The van der Waals surface area contributed by atoms with E-state index >= 15 is 0 Å². The van der Waals surface area contributed by atoms with E-state index in [0.29, 0.717) is 6.61 Å². The fourth-order valence-electron chi connectivity index (χ4n) is 5.73. The summed E-state index contributed by atoms with van der Waals surface area (Å²) in [6.07, 6.45) is 9.00. The van der Waals surface area contributed by atoms with Gasteiger partial charge in [0.2, 0.25) is 0 Å². The van der Waals surface area contributed by atoms with Gasteiger partial charge < -0.3 is 9.30 Å². The number of hydrogen-bond donors (Lipinski definition) is 0. The third-order valence-corrected chi connectivity index (χ3v) is 8.06. The number of rotatable bonds is 11. The Morgan fingerprint density at radius 2 is 1.32 bits per heavy atom.